The maximum atomic E-state index is 12.2. The molecule has 0 bridgehead atoms. The van der Waals surface area contributed by atoms with E-state index in [4.69, 9.17) is 0 Å². The SMILES string of the molecule is Cc1ccc(NC(=O)Cc2ccc3c(c2)CCC(=O)N3C)cc1. The van der Waals surface area contributed by atoms with Gasteiger partial charge in [0.2, 0.25) is 11.8 Å². The van der Waals surface area contributed by atoms with E-state index in [2.05, 4.69) is 5.32 Å². The van der Waals surface area contributed by atoms with Gasteiger partial charge in [-0.05, 0) is 42.7 Å². The molecule has 4 nitrogen and oxygen atoms in total. The minimum absolute atomic E-state index is 0.0333. The van der Waals surface area contributed by atoms with Crippen LogP contribution in [-0.4, -0.2) is 18.9 Å². The van der Waals surface area contributed by atoms with Crippen LogP contribution in [0.5, 0.6) is 0 Å². The molecule has 1 N–H and O–H groups in total. The molecule has 0 spiro atoms. The summed E-state index contributed by atoms with van der Waals surface area (Å²) in [5, 5.41) is 2.91. The fraction of sp³-hybridized carbons (Fsp3) is 0.263. The van der Waals surface area contributed by atoms with E-state index in [1.807, 2.05) is 49.4 Å². The predicted molar refractivity (Wildman–Crippen MR) is 91.7 cm³/mol. The molecular weight excluding hydrogens is 288 g/mol. The molecule has 4 heteroatoms. The van der Waals surface area contributed by atoms with Gasteiger partial charge in [-0.1, -0.05) is 29.8 Å². The third kappa shape index (κ3) is 3.42. The highest BCUT2D eigenvalue weighted by Crippen LogP contribution is 2.27. The van der Waals surface area contributed by atoms with E-state index in [1.165, 1.54) is 0 Å². The third-order valence-electron chi connectivity index (χ3n) is 4.19. The van der Waals surface area contributed by atoms with Crippen molar-refractivity contribution >= 4 is 23.2 Å². The minimum Gasteiger partial charge on any atom is -0.326 e. The highest BCUT2D eigenvalue weighted by molar-refractivity contribution is 5.96. The van der Waals surface area contributed by atoms with Crippen molar-refractivity contribution in [1.29, 1.82) is 0 Å². The number of nitrogens with one attached hydrogen (secondary N) is 1. The Kier molecular flexibility index (Phi) is 4.15. The molecular formula is C19H20N2O2. The molecule has 0 aliphatic carbocycles. The lowest BCUT2D eigenvalue weighted by atomic mass is 9.98. The van der Waals surface area contributed by atoms with Crippen LogP contribution in [0.2, 0.25) is 0 Å². The summed E-state index contributed by atoms with van der Waals surface area (Å²) in [5.41, 5.74) is 5.02. The zero-order valence-corrected chi connectivity index (χ0v) is 13.4. The summed E-state index contributed by atoms with van der Waals surface area (Å²) in [6.45, 7) is 2.01. The highest BCUT2D eigenvalue weighted by Gasteiger charge is 2.21. The van der Waals surface area contributed by atoms with E-state index >= 15 is 0 Å². The second-order valence-electron chi connectivity index (χ2n) is 6.01. The molecule has 1 aliphatic rings. The van der Waals surface area contributed by atoms with Gasteiger partial charge in [-0.15, -0.1) is 0 Å². The molecule has 0 unspecified atom stereocenters. The first-order valence-electron chi connectivity index (χ1n) is 7.78. The van der Waals surface area contributed by atoms with Gasteiger partial charge in [0.25, 0.3) is 0 Å². The second-order valence-corrected chi connectivity index (χ2v) is 6.01. The summed E-state index contributed by atoms with van der Waals surface area (Å²) in [7, 11) is 1.80. The van der Waals surface area contributed by atoms with Crippen LogP contribution in [0.25, 0.3) is 0 Å². The van der Waals surface area contributed by atoms with E-state index in [0.717, 1.165) is 34.5 Å². The molecule has 2 aromatic rings. The minimum atomic E-state index is -0.0333. The van der Waals surface area contributed by atoms with Crippen LogP contribution in [0.3, 0.4) is 0 Å². The van der Waals surface area contributed by atoms with E-state index in [1.54, 1.807) is 11.9 Å². The quantitative estimate of drug-likeness (QED) is 0.947. The molecule has 1 aliphatic heterocycles. The van der Waals surface area contributed by atoms with Crippen molar-refractivity contribution < 1.29 is 9.59 Å². The Morgan fingerprint density at radius 1 is 1.13 bits per heavy atom. The summed E-state index contributed by atoms with van der Waals surface area (Å²) in [4.78, 5) is 25.6. The molecule has 0 aromatic heterocycles. The van der Waals surface area contributed by atoms with Crippen LogP contribution in [0.4, 0.5) is 11.4 Å². The van der Waals surface area contributed by atoms with E-state index in [-0.39, 0.29) is 11.8 Å². The molecule has 0 fully saturated rings. The Labute approximate surface area is 136 Å². The summed E-state index contributed by atoms with van der Waals surface area (Å²) in [6.07, 6.45) is 1.60. The van der Waals surface area contributed by atoms with Crippen molar-refractivity contribution in [3.63, 3.8) is 0 Å². The Balaban J connectivity index is 1.69. The molecule has 3 rings (SSSR count). The number of benzene rings is 2. The van der Waals surface area contributed by atoms with Gasteiger partial charge in [-0.2, -0.15) is 0 Å². The zero-order valence-electron chi connectivity index (χ0n) is 13.4. The molecule has 23 heavy (non-hydrogen) atoms. The van der Waals surface area contributed by atoms with Gasteiger partial charge < -0.3 is 10.2 Å². The van der Waals surface area contributed by atoms with Gasteiger partial charge in [-0.3, -0.25) is 9.59 Å². The topological polar surface area (TPSA) is 49.4 Å². The van der Waals surface area contributed by atoms with Gasteiger partial charge >= 0.3 is 0 Å². The van der Waals surface area contributed by atoms with E-state index < -0.39 is 0 Å². The summed E-state index contributed by atoms with van der Waals surface area (Å²) in [5.74, 6) is 0.108. The summed E-state index contributed by atoms with van der Waals surface area (Å²) < 4.78 is 0. The number of aryl methyl sites for hydroxylation is 2. The first-order valence-corrected chi connectivity index (χ1v) is 7.78. The number of anilines is 2. The van der Waals surface area contributed by atoms with Gasteiger partial charge in [0, 0.05) is 24.8 Å². The fourth-order valence-corrected chi connectivity index (χ4v) is 2.85. The standard InChI is InChI=1S/C19H20N2O2/c1-13-3-7-16(8-4-13)20-18(22)12-14-5-9-17-15(11-14)6-10-19(23)21(17)2/h3-5,7-9,11H,6,10,12H2,1-2H3,(H,20,22). The van der Waals surface area contributed by atoms with Gasteiger partial charge in [0.1, 0.15) is 0 Å². The maximum absolute atomic E-state index is 12.2. The zero-order chi connectivity index (χ0) is 16.4. The fourth-order valence-electron chi connectivity index (χ4n) is 2.85. The molecule has 2 amide bonds. The number of carbonyl (C=O) groups excluding carboxylic acids is 2. The Morgan fingerprint density at radius 3 is 2.61 bits per heavy atom. The first-order chi connectivity index (χ1) is 11.0. The average Bonchev–Trinajstić information content (AvgIpc) is 2.53. The lowest BCUT2D eigenvalue weighted by Gasteiger charge is -2.26. The number of hydrogen-bond acceptors (Lipinski definition) is 2. The molecule has 0 saturated carbocycles. The molecule has 118 valence electrons. The number of amides is 2. The van der Waals surface area contributed by atoms with Gasteiger partial charge in [-0.25, -0.2) is 0 Å². The number of fused-ring (bicyclic) bond motifs is 1. The van der Waals surface area contributed by atoms with Crippen molar-refractivity contribution in [1.82, 2.24) is 0 Å². The van der Waals surface area contributed by atoms with Crippen molar-refractivity contribution in [2.45, 2.75) is 26.2 Å². The van der Waals surface area contributed by atoms with Crippen LogP contribution in [0.15, 0.2) is 42.5 Å². The van der Waals surface area contributed by atoms with E-state index in [9.17, 15) is 9.59 Å². The molecule has 0 atom stereocenters. The van der Waals surface area contributed by atoms with Gasteiger partial charge in [0.15, 0.2) is 0 Å². The van der Waals surface area contributed by atoms with Crippen LogP contribution in [0, 0.1) is 6.92 Å². The number of carbonyl (C=O) groups is 2. The van der Waals surface area contributed by atoms with E-state index in [0.29, 0.717) is 12.8 Å². The number of nitrogens with zero attached hydrogens (tertiary/aromatic N) is 1. The monoisotopic (exact) mass is 308 g/mol. The second kappa shape index (κ2) is 6.24. The normalized spacial score (nSPS) is 13.7. The molecule has 2 aromatic carbocycles. The van der Waals surface area contributed by atoms with Crippen LogP contribution < -0.4 is 10.2 Å². The Bertz CT molecular complexity index is 750. The van der Waals surface area contributed by atoms with Crippen molar-refractivity contribution in [2.75, 3.05) is 17.3 Å². The molecule has 0 radical (unpaired) electrons. The lowest BCUT2D eigenvalue weighted by molar-refractivity contribution is -0.118. The largest absolute Gasteiger partial charge is 0.326 e. The van der Waals surface area contributed by atoms with Crippen molar-refractivity contribution in [3.8, 4) is 0 Å². The Hall–Kier alpha value is -2.62. The summed E-state index contributed by atoms with van der Waals surface area (Å²) in [6, 6.07) is 13.6. The average molecular weight is 308 g/mol. The number of rotatable bonds is 3. The predicted octanol–water partition coefficient (Wildman–Crippen LogP) is 3.09. The molecule has 0 saturated heterocycles. The van der Waals surface area contributed by atoms with Crippen LogP contribution >= 0.6 is 0 Å². The highest BCUT2D eigenvalue weighted by atomic mass is 16.2. The van der Waals surface area contributed by atoms with Crippen molar-refractivity contribution in [2.24, 2.45) is 0 Å². The number of hydrogen-bond donors (Lipinski definition) is 1. The maximum Gasteiger partial charge on any atom is 0.228 e. The van der Waals surface area contributed by atoms with Gasteiger partial charge in [0.05, 0.1) is 6.42 Å². The molecule has 1 heterocycles. The summed E-state index contributed by atoms with van der Waals surface area (Å²) >= 11 is 0. The van der Waals surface area contributed by atoms with Crippen LogP contribution in [0.1, 0.15) is 23.1 Å². The van der Waals surface area contributed by atoms with Crippen LogP contribution in [-0.2, 0) is 22.4 Å². The first kappa shape index (κ1) is 15.3. The third-order valence-corrected chi connectivity index (χ3v) is 4.19. The smallest absolute Gasteiger partial charge is 0.228 e. The Morgan fingerprint density at radius 2 is 1.87 bits per heavy atom. The van der Waals surface area contributed by atoms with Crippen molar-refractivity contribution in [3.05, 3.63) is 59.2 Å². The lowest BCUT2D eigenvalue weighted by Crippen LogP contribution is -2.31.